The van der Waals surface area contributed by atoms with Crippen molar-refractivity contribution in [2.75, 3.05) is 16.2 Å². The van der Waals surface area contributed by atoms with Gasteiger partial charge in [-0.05, 0) is 61.6 Å². The Morgan fingerprint density at radius 2 is 1.65 bits per heavy atom. The number of carboxylic acids is 1. The number of carbonyl (C=O) groups excluding carboxylic acids is 1. The molecule has 2 atom stereocenters. The monoisotopic (exact) mass is 440 g/mol. The van der Waals surface area contributed by atoms with Crippen LogP contribution in [0.3, 0.4) is 0 Å². The molecule has 2 aliphatic rings. The number of anilines is 2. The zero-order chi connectivity index (χ0) is 22.0. The topological polar surface area (TPSA) is 104 Å². The zero-order valence-corrected chi connectivity index (χ0v) is 17.7. The predicted molar refractivity (Wildman–Crippen MR) is 117 cm³/mol. The van der Waals surface area contributed by atoms with E-state index in [1.165, 1.54) is 28.6 Å². The molecule has 7 nitrogen and oxygen atoms in total. The third-order valence-electron chi connectivity index (χ3n) is 5.86. The minimum Gasteiger partial charge on any atom is -0.481 e. The van der Waals surface area contributed by atoms with Gasteiger partial charge in [-0.1, -0.05) is 30.4 Å². The highest BCUT2D eigenvalue weighted by Crippen LogP contribution is 2.32. The van der Waals surface area contributed by atoms with Crippen molar-refractivity contribution in [3.8, 4) is 0 Å². The average molecular weight is 441 g/mol. The van der Waals surface area contributed by atoms with Crippen LogP contribution in [0, 0.1) is 11.8 Å². The molecular weight excluding hydrogens is 416 g/mol. The number of amides is 1. The van der Waals surface area contributed by atoms with Crippen molar-refractivity contribution in [2.45, 2.75) is 30.6 Å². The summed E-state index contributed by atoms with van der Waals surface area (Å²) in [4.78, 5) is 24.2. The minimum absolute atomic E-state index is 0.145. The highest BCUT2D eigenvalue weighted by molar-refractivity contribution is 7.92. The maximum Gasteiger partial charge on any atom is 0.307 e. The Labute approximate surface area is 181 Å². The van der Waals surface area contributed by atoms with E-state index < -0.39 is 27.8 Å². The molecule has 8 heteroatoms. The van der Waals surface area contributed by atoms with Crippen molar-refractivity contribution in [2.24, 2.45) is 11.8 Å². The molecule has 4 rings (SSSR count). The van der Waals surface area contributed by atoms with Crippen molar-refractivity contribution >= 4 is 33.3 Å². The van der Waals surface area contributed by atoms with E-state index in [1.54, 1.807) is 6.08 Å². The van der Waals surface area contributed by atoms with Crippen LogP contribution in [0.5, 0.6) is 0 Å². The quantitative estimate of drug-likeness (QED) is 0.693. The second kappa shape index (κ2) is 8.55. The van der Waals surface area contributed by atoms with Crippen LogP contribution in [0.2, 0.25) is 0 Å². The maximum absolute atomic E-state index is 13.2. The maximum atomic E-state index is 13.2. The van der Waals surface area contributed by atoms with Gasteiger partial charge in [-0.25, -0.2) is 8.42 Å². The number of rotatable bonds is 5. The van der Waals surface area contributed by atoms with Gasteiger partial charge in [0.15, 0.2) is 0 Å². The van der Waals surface area contributed by atoms with Gasteiger partial charge in [-0.3, -0.25) is 13.9 Å². The Morgan fingerprint density at radius 1 is 0.968 bits per heavy atom. The third kappa shape index (κ3) is 4.20. The minimum atomic E-state index is -3.73. The largest absolute Gasteiger partial charge is 0.481 e. The summed E-state index contributed by atoms with van der Waals surface area (Å²) in [5, 5.41) is 12.1. The highest BCUT2D eigenvalue weighted by Gasteiger charge is 2.34. The molecular formula is C23H24N2O5S. The van der Waals surface area contributed by atoms with E-state index in [-0.39, 0.29) is 10.8 Å². The number of hydrogen-bond donors (Lipinski definition) is 2. The Kier molecular flexibility index (Phi) is 5.82. The van der Waals surface area contributed by atoms with Gasteiger partial charge in [-0.15, -0.1) is 0 Å². The van der Waals surface area contributed by atoms with Gasteiger partial charge in [0, 0.05) is 12.2 Å². The number of nitrogens with one attached hydrogen (secondary N) is 1. The third-order valence-corrected chi connectivity index (χ3v) is 7.69. The van der Waals surface area contributed by atoms with Crippen LogP contribution >= 0.6 is 0 Å². The van der Waals surface area contributed by atoms with Gasteiger partial charge in [-0.2, -0.15) is 0 Å². The first-order chi connectivity index (χ1) is 14.9. The number of para-hydroxylation sites is 1. The Bertz CT molecular complexity index is 1120. The van der Waals surface area contributed by atoms with Crippen LogP contribution in [0.4, 0.5) is 11.4 Å². The molecule has 2 aromatic carbocycles. The average Bonchev–Trinajstić information content (AvgIpc) is 2.79. The van der Waals surface area contributed by atoms with Crippen molar-refractivity contribution in [1.82, 2.24) is 0 Å². The second-order valence-electron chi connectivity index (χ2n) is 7.82. The molecule has 1 aliphatic heterocycles. The fourth-order valence-corrected chi connectivity index (χ4v) is 5.74. The molecule has 0 aromatic heterocycles. The van der Waals surface area contributed by atoms with Gasteiger partial charge in [0.2, 0.25) is 5.91 Å². The van der Waals surface area contributed by atoms with Crippen LogP contribution in [0.1, 0.15) is 24.8 Å². The Morgan fingerprint density at radius 3 is 2.35 bits per heavy atom. The fraction of sp³-hybridized carbons (Fsp3) is 0.304. The smallest absolute Gasteiger partial charge is 0.307 e. The van der Waals surface area contributed by atoms with Crippen LogP contribution in [-0.2, 0) is 26.0 Å². The van der Waals surface area contributed by atoms with Crippen LogP contribution in [-0.4, -0.2) is 31.9 Å². The normalized spacial score (nSPS) is 20.7. The Hall–Kier alpha value is -3.13. The summed E-state index contributed by atoms with van der Waals surface area (Å²) in [5.41, 5.74) is 2.15. The zero-order valence-electron chi connectivity index (χ0n) is 16.9. The molecule has 0 radical (unpaired) electrons. The number of aliphatic carboxylic acids is 1. The predicted octanol–water partition coefficient (Wildman–Crippen LogP) is 3.43. The lowest BCUT2D eigenvalue weighted by Gasteiger charge is -2.30. The van der Waals surface area contributed by atoms with Crippen molar-refractivity contribution in [1.29, 1.82) is 0 Å². The van der Waals surface area contributed by atoms with Gasteiger partial charge < -0.3 is 10.4 Å². The van der Waals surface area contributed by atoms with Crippen LogP contribution in [0.15, 0.2) is 65.6 Å². The van der Waals surface area contributed by atoms with E-state index in [2.05, 4.69) is 5.32 Å². The van der Waals surface area contributed by atoms with Crippen molar-refractivity contribution in [3.63, 3.8) is 0 Å². The van der Waals surface area contributed by atoms with Gasteiger partial charge in [0.05, 0.1) is 22.4 Å². The summed E-state index contributed by atoms with van der Waals surface area (Å²) < 4.78 is 27.9. The van der Waals surface area contributed by atoms with E-state index in [0.29, 0.717) is 30.8 Å². The first-order valence-corrected chi connectivity index (χ1v) is 11.7. The second-order valence-corrected chi connectivity index (χ2v) is 9.68. The van der Waals surface area contributed by atoms with E-state index in [9.17, 15) is 23.1 Å². The lowest BCUT2D eigenvalue weighted by molar-refractivity contribution is -0.146. The fourth-order valence-electron chi connectivity index (χ4n) is 4.20. The van der Waals surface area contributed by atoms with Gasteiger partial charge in [0.1, 0.15) is 0 Å². The molecule has 0 fully saturated rings. The van der Waals surface area contributed by atoms with Crippen molar-refractivity contribution in [3.05, 3.63) is 66.2 Å². The molecule has 0 spiro atoms. The van der Waals surface area contributed by atoms with Crippen LogP contribution in [0.25, 0.3) is 0 Å². The lowest BCUT2D eigenvalue weighted by atomic mass is 9.82. The number of nitrogens with zero attached hydrogens (tertiary/aromatic N) is 1. The van der Waals surface area contributed by atoms with E-state index in [0.717, 1.165) is 18.4 Å². The number of carbonyl (C=O) groups is 2. The van der Waals surface area contributed by atoms with E-state index >= 15 is 0 Å². The summed E-state index contributed by atoms with van der Waals surface area (Å²) in [5.74, 6) is -2.79. The number of carboxylic acid groups (broad SMARTS) is 1. The van der Waals surface area contributed by atoms with E-state index in [1.807, 2.05) is 30.3 Å². The molecule has 31 heavy (non-hydrogen) atoms. The van der Waals surface area contributed by atoms with E-state index in [4.69, 9.17) is 0 Å². The Balaban J connectivity index is 1.51. The van der Waals surface area contributed by atoms with Gasteiger partial charge in [0.25, 0.3) is 10.0 Å². The molecule has 0 bridgehead atoms. The summed E-state index contributed by atoms with van der Waals surface area (Å²) >= 11 is 0. The molecule has 2 N–H and O–H groups in total. The molecule has 162 valence electrons. The summed E-state index contributed by atoms with van der Waals surface area (Å²) in [7, 11) is -3.73. The summed E-state index contributed by atoms with van der Waals surface area (Å²) in [6, 6.07) is 13.5. The number of aryl methyl sites for hydroxylation is 1. The first-order valence-electron chi connectivity index (χ1n) is 10.3. The van der Waals surface area contributed by atoms with Crippen molar-refractivity contribution < 1.29 is 23.1 Å². The number of allylic oxidation sites excluding steroid dienone is 2. The molecule has 1 amide bonds. The summed E-state index contributed by atoms with van der Waals surface area (Å²) in [6.07, 6.45) is 5.88. The molecule has 0 unspecified atom stereocenters. The summed E-state index contributed by atoms with van der Waals surface area (Å²) in [6.45, 7) is 0.420. The molecule has 0 saturated heterocycles. The number of benzene rings is 2. The molecule has 0 saturated carbocycles. The number of hydrogen-bond acceptors (Lipinski definition) is 4. The standard InChI is InChI=1S/C23H24N2O5S/c26-22(19-8-2-3-9-20(19)23(27)28)24-17-11-13-18(14-12-17)31(29,30)25-15-5-7-16-6-1-4-10-21(16)25/h1-4,6,10-14,19-20H,5,7-9,15H2,(H,24,26)(H,27,28)/t19-,20+/m0/s1. The first kappa shape index (κ1) is 21.1. The SMILES string of the molecule is O=C(Nc1ccc(S(=O)(=O)N2CCCc3ccccc32)cc1)[C@H]1CC=CC[C@H]1C(=O)O. The number of fused-ring (bicyclic) bond motifs is 1. The lowest BCUT2D eigenvalue weighted by Crippen LogP contribution is -2.35. The van der Waals surface area contributed by atoms with Gasteiger partial charge >= 0.3 is 5.97 Å². The molecule has 1 heterocycles. The highest BCUT2D eigenvalue weighted by atomic mass is 32.2. The number of sulfonamides is 1. The van der Waals surface area contributed by atoms with Crippen LogP contribution < -0.4 is 9.62 Å². The molecule has 2 aromatic rings. The molecule has 1 aliphatic carbocycles.